The molecule has 0 radical (unpaired) electrons. The number of anilines is 1. The lowest BCUT2D eigenvalue weighted by Gasteiger charge is -2.14. The minimum Gasteiger partial charge on any atom is -0.478 e. The number of nitrogens with one attached hydrogen (secondary N) is 1. The van der Waals surface area contributed by atoms with Crippen LogP contribution in [-0.4, -0.2) is 29.6 Å². The first-order valence-electron chi connectivity index (χ1n) is 12.0. The van der Waals surface area contributed by atoms with Crippen molar-refractivity contribution < 1.29 is 24.2 Å². The number of aromatic carboxylic acids is 1. The summed E-state index contributed by atoms with van der Waals surface area (Å²) in [6.07, 6.45) is 1.17. The number of ether oxygens (including phenoxy) is 1. The van der Waals surface area contributed by atoms with Gasteiger partial charge in [0.25, 0.3) is 0 Å². The molecule has 0 saturated heterocycles. The number of amides is 1. The Kier molecular flexibility index (Phi) is 6.05. The third-order valence-electron chi connectivity index (χ3n) is 6.72. The summed E-state index contributed by atoms with van der Waals surface area (Å²) >= 11 is 1.16. The number of fused-ring (bicyclic) bond motifs is 4. The molecule has 4 aromatic rings. The number of hydrogen-bond acceptors (Lipinski definition) is 5. The van der Waals surface area contributed by atoms with Crippen molar-refractivity contribution in [2.45, 2.75) is 10.8 Å². The van der Waals surface area contributed by atoms with Crippen LogP contribution < -0.4 is 5.32 Å². The molecule has 6 nitrogen and oxygen atoms in total. The number of carbonyl (C=O) groups excluding carboxylic acids is 2. The fourth-order valence-electron chi connectivity index (χ4n) is 4.94. The monoisotopic (exact) mass is 519 g/mol. The molecule has 0 fully saturated rings. The van der Waals surface area contributed by atoms with Crippen LogP contribution in [0.2, 0.25) is 0 Å². The Morgan fingerprint density at radius 2 is 1.47 bits per heavy atom. The van der Waals surface area contributed by atoms with E-state index < -0.39 is 12.1 Å². The van der Waals surface area contributed by atoms with Crippen molar-refractivity contribution in [3.05, 3.63) is 124 Å². The predicted molar refractivity (Wildman–Crippen MR) is 147 cm³/mol. The zero-order valence-corrected chi connectivity index (χ0v) is 20.8. The average molecular weight is 520 g/mol. The van der Waals surface area contributed by atoms with E-state index in [2.05, 4.69) is 29.6 Å². The van der Waals surface area contributed by atoms with Gasteiger partial charge in [0.05, 0.1) is 10.5 Å². The van der Waals surface area contributed by atoms with Crippen molar-refractivity contribution in [2.24, 2.45) is 0 Å². The van der Waals surface area contributed by atoms with E-state index >= 15 is 0 Å². The van der Waals surface area contributed by atoms with Gasteiger partial charge < -0.3 is 9.84 Å². The fraction of sp³-hybridized carbons (Fsp3) is 0.0645. The highest BCUT2D eigenvalue weighted by atomic mass is 32.2. The second-order valence-corrected chi connectivity index (χ2v) is 10.1. The molecule has 1 aliphatic carbocycles. The quantitative estimate of drug-likeness (QED) is 0.274. The highest BCUT2D eigenvalue weighted by Crippen LogP contribution is 2.45. The molecule has 0 unspecified atom stereocenters. The van der Waals surface area contributed by atoms with Crippen LogP contribution in [0.5, 0.6) is 0 Å². The van der Waals surface area contributed by atoms with Gasteiger partial charge in [0.1, 0.15) is 6.61 Å². The Balaban J connectivity index is 1.11. The lowest BCUT2D eigenvalue weighted by molar-refractivity contribution is 0.0693. The Hall–Kier alpha value is -4.62. The number of carboxylic acid groups (broad SMARTS) is 1. The molecule has 2 N–H and O–H groups in total. The van der Waals surface area contributed by atoms with Crippen LogP contribution in [0.4, 0.5) is 10.5 Å². The number of hydrogen-bond donors (Lipinski definition) is 2. The van der Waals surface area contributed by atoms with E-state index in [0.29, 0.717) is 21.1 Å². The molecule has 1 heterocycles. The van der Waals surface area contributed by atoms with E-state index in [0.717, 1.165) is 28.5 Å². The van der Waals surface area contributed by atoms with E-state index in [-0.39, 0.29) is 23.9 Å². The maximum atomic E-state index is 12.8. The van der Waals surface area contributed by atoms with E-state index in [1.807, 2.05) is 24.3 Å². The first kappa shape index (κ1) is 23.8. The highest BCUT2D eigenvalue weighted by molar-refractivity contribution is 8.05. The zero-order valence-electron chi connectivity index (χ0n) is 20.0. The smallest absolute Gasteiger partial charge is 0.411 e. The van der Waals surface area contributed by atoms with E-state index in [4.69, 9.17) is 4.74 Å². The number of ketones is 1. The lowest BCUT2D eigenvalue weighted by atomic mass is 9.98. The van der Waals surface area contributed by atoms with Crippen LogP contribution in [0.3, 0.4) is 0 Å². The summed E-state index contributed by atoms with van der Waals surface area (Å²) < 4.78 is 5.60. The van der Waals surface area contributed by atoms with Gasteiger partial charge in [-0.25, -0.2) is 9.59 Å². The maximum Gasteiger partial charge on any atom is 0.411 e. The molecule has 6 rings (SSSR count). The molecule has 2 aliphatic rings. The van der Waals surface area contributed by atoms with Crippen molar-refractivity contribution >= 4 is 41.4 Å². The molecule has 4 aromatic carbocycles. The van der Waals surface area contributed by atoms with Gasteiger partial charge in [-0.05, 0) is 58.2 Å². The first-order valence-corrected chi connectivity index (χ1v) is 12.8. The third kappa shape index (κ3) is 4.27. The molecule has 0 aromatic heterocycles. The highest BCUT2D eigenvalue weighted by Gasteiger charge is 2.30. The van der Waals surface area contributed by atoms with Gasteiger partial charge in [-0.2, -0.15) is 0 Å². The van der Waals surface area contributed by atoms with Gasteiger partial charge in [0, 0.05) is 22.1 Å². The number of carbonyl (C=O) groups is 3. The van der Waals surface area contributed by atoms with Crippen molar-refractivity contribution in [3.63, 3.8) is 0 Å². The number of allylic oxidation sites excluding steroid dienone is 1. The number of thioether (sulfide) groups is 1. The van der Waals surface area contributed by atoms with Crippen LogP contribution in [0.1, 0.15) is 43.3 Å². The van der Waals surface area contributed by atoms with Gasteiger partial charge in [0.15, 0.2) is 0 Å². The molecule has 1 amide bonds. The van der Waals surface area contributed by atoms with Crippen molar-refractivity contribution in [1.82, 2.24) is 0 Å². The van der Waals surface area contributed by atoms with E-state index in [1.165, 1.54) is 17.2 Å². The van der Waals surface area contributed by atoms with Crippen molar-refractivity contribution in [2.75, 3.05) is 11.9 Å². The molecular weight excluding hydrogens is 498 g/mol. The first-order chi connectivity index (χ1) is 18.5. The van der Waals surface area contributed by atoms with Gasteiger partial charge in [-0.1, -0.05) is 78.5 Å². The molecule has 1 aliphatic heterocycles. The van der Waals surface area contributed by atoms with Crippen LogP contribution in [0.25, 0.3) is 17.2 Å². The summed E-state index contributed by atoms with van der Waals surface area (Å²) in [5.74, 6) is -1.28. The Morgan fingerprint density at radius 1 is 0.842 bits per heavy atom. The normalized spacial score (nSPS) is 14.6. The Labute approximate surface area is 223 Å². The summed E-state index contributed by atoms with van der Waals surface area (Å²) in [5, 5.41) is 12.2. The minimum absolute atomic E-state index is 0.0191. The summed E-state index contributed by atoms with van der Waals surface area (Å²) in [4.78, 5) is 37.8. The Bertz CT molecular complexity index is 1600. The second-order valence-electron chi connectivity index (χ2n) is 9.00. The zero-order chi connectivity index (χ0) is 26.2. The second kappa shape index (κ2) is 9.68. The van der Waals surface area contributed by atoms with Crippen LogP contribution in [0.15, 0.2) is 101 Å². The molecule has 38 heavy (non-hydrogen) atoms. The standard InChI is InChI=1S/C31H21NO5S/c33-28-24-10-5-11-25(30(34)35)29(24)38-27(28)16-18-12-14-19(15-13-18)32-31(36)37-17-26-22-8-3-1-6-20(22)21-7-2-4-9-23(21)26/h1-16,26H,17H2,(H,32,36)(H,34,35)/b27-16-. The van der Waals surface area contributed by atoms with Gasteiger partial charge in [-0.15, -0.1) is 0 Å². The lowest BCUT2D eigenvalue weighted by Crippen LogP contribution is -2.17. The van der Waals surface area contributed by atoms with Gasteiger partial charge >= 0.3 is 12.1 Å². The molecule has 0 saturated carbocycles. The van der Waals surface area contributed by atoms with Crippen LogP contribution in [-0.2, 0) is 4.74 Å². The van der Waals surface area contributed by atoms with E-state index in [9.17, 15) is 19.5 Å². The Morgan fingerprint density at radius 3 is 2.13 bits per heavy atom. The fourth-order valence-corrected chi connectivity index (χ4v) is 6.10. The molecule has 0 bridgehead atoms. The molecular formula is C31H21NO5S. The SMILES string of the molecule is O=C(Nc1ccc(/C=C2\Sc3c(C(=O)O)cccc3C2=O)cc1)OCC1c2ccccc2-c2ccccc21. The third-order valence-corrected chi connectivity index (χ3v) is 7.89. The number of Topliss-reactive ketones (excluding diaryl/α,β-unsaturated/α-hetero) is 1. The summed E-state index contributed by atoms with van der Waals surface area (Å²) in [5.41, 5.74) is 6.47. The molecule has 7 heteroatoms. The predicted octanol–water partition coefficient (Wildman–Crippen LogP) is 7.08. The number of carboxylic acids is 1. The molecule has 0 atom stereocenters. The largest absolute Gasteiger partial charge is 0.478 e. The van der Waals surface area contributed by atoms with Crippen molar-refractivity contribution in [1.29, 1.82) is 0 Å². The van der Waals surface area contributed by atoms with Crippen LogP contribution in [0, 0.1) is 0 Å². The van der Waals surface area contributed by atoms with E-state index in [1.54, 1.807) is 42.5 Å². The van der Waals surface area contributed by atoms with Gasteiger partial charge in [-0.3, -0.25) is 10.1 Å². The number of rotatable bonds is 5. The summed E-state index contributed by atoms with van der Waals surface area (Å²) in [6, 6.07) is 28.1. The number of benzene rings is 4. The summed E-state index contributed by atoms with van der Waals surface area (Å²) in [6.45, 7) is 0.224. The summed E-state index contributed by atoms with van der Waals surface area (Å²) in [7, 11) is 0. The average Bonchev–Trinajstić information content (AvgIpc) is 3.42. The van der Waals surface area contributed by atoms with Gasteiger partial charge in [0.2, 0.25) is 5.78 Å². The maximum absolute atomic E-state index is 12.8. The molecule has 186 valence electrons. The molecule has 0 spiro atoms. The van der Waals surface area contributed by atoms with Crippen molar-refractivity contribution in [3.8, 4) is 11.1 Å². The van der Waals surface area contributed by atoms with Crippen LogP contribution >= 0.6 is 11.8 Å². The minimum atomic E-state index is -1.06. The topological polar surface area (TPSA) is 92.7 Å².